The third-order valence-corrected chi connectivity index (χ3v) is 5.92. The minimum absolute atomic E-state index is 0.0967. The van der Waals surface area contributed by atoms with Gasteiger partial charge in [-0.2, -0.15) is 0 Å². The molecule has 7 heteroatoms. The number of nitrogens with zero attached hydrogens (tertiary/aromatic N) is 2. The van der Waals surface area contributed by atoms with E-state index < -0.39 is 0 Å². The smallest absolute Gasteiger partial charge is 0.261 e. The molecule has 0 saturated carbocycles. The number of benzene rings is 2. The number of imide groups is 1. The van der Waals surface area contributed by atoms with Gasteiger partial charge in [0.2, 0.25) is 0 Å². The van der Waals surface area contributed by atoms with Gasteiger partial charge in [-0.15, -0.1) is 0 Å². The van der Waals surface area contributed by atoms with Gasteiger partial charge in [0.25, 0.3) is 17.7 Å². The maximum atomic E-state index is 13.1. The molecule has 0 N–H and O–H groups in total. The van der Waals surface area contributed by atoms with Crippen molar-refractivity contribution in [3.8, 4) is 0 Å². The van der Waals surface area contributed by atoms with E-state index in [0.29, 0.717) is 27.7 Å². The molecule has 27 heavy (non-hydrogen) atoms. The van der Waals surface area contributed by atoms with Gasteiger partial charge in [-0.1, -0.05) is 29.3 Å². The van der Waals surface area contributed by atoms with Crippen LogP contribution in [0.3, 0.4) is 0 Å². The third kappa shape index (κ3) is 2.91. The molecule has 0 spiro atoms. The number of hydrogen-bond acceptors (Lipinski definition) is 3. The van der Waals surface area contributed by atoms with Crippen molar-refractivity contribution in [3.63, 3.8) is 0 Å². The van der Waals surface area contributed by atoms with Crippen LogP contribution in [0.15, 0.2) is 36.4 Å². The Bertz CT molecular complexity index is 989. The number of carbonyl (C=O) groups excluding carboxylic acids is 3. The molecule has 0 bridgehead atoms. The van der Waals surface area contributed by atoms with Gasteiger partial charge in [0, 0.05) is 19.2 Å². The van der Waals surface area contributed by atoms with Crippen LogP contribution in [-0.2, 0) is 0 Å². The first-order valence-corrected chi connectivity index (χ1v) is 9.36. The maximum absolute atomic E-state index is 13.1. The molecule has 138 valence electrons. The molecule has 2 heterocycles. The Kier molecular flexibility index (Phi) is 4.44. The second kappa shape index (κ2) is 6.66. The largest absolute Gasteiger partial charge is 0.332 e. The Labute approximate surface area is 166 Å². The summed E-state index contributed by atoms with van der Waals surface area (Å²) in [7, 11) is 1.44. The van der Waals surface area contributed by atoms with Crippen molar-refractivity contribution < 1.29 is 14.4 Å². The highest BCUT2D eigenvalue weighted by Gasteiger charge is 2.35. The van der Waals surface area contributed by atoms with E-state index in [1.54, 1.807) is 29.2 Å². The van der Waals surface area contributed by atoms with E-state index >= 15 is 0 Å². The van der Waals surface area contributed by atoms with Crippen molar-refractivity contribution in [2.45, 2.75) is 18.9 Å². The highest BCUT2D eigenvalue weighted by Crippen LogP contribution is 2.36. The summed E-state index contributed by atoms with van der Waals surface area (Å²) < 4.78 is 0. The molecular formula is C20H16Cl2N2O3. The zero-order valence-electron chi connectivity index (χ0n) is 14.5. The van der Waals surface area contributed by atoms with Gasteiger partial charge < -0.3 is 4.90 Å². The lowest BCUT2D eigenvalue weighted by molar-refractivity contribution is 0.0692. The second-order valence-corrected chi connectivity index (χ2v) is 7.57. The van der Waals surface area contributed by atoms with Gasteiger partial charge in [0.15, 0.2) is 0 Å². The van der Waals surface area contributed by atoms with Crippen LogP contribution in [0.2, 0.25) is 10.0 Å². The molecule has 0 radical (unpaired) electrons. The summed E-state index contributed by atoms with van der Waals surface area (Å²) in [5.41, 5.74) is 1.94. The quantitative estimate of drug-likeness (QED) is 0.707. The molecular weight excluding hydrogens is 387 g/mol. The molecule has 5 nitrogen and oxygen atoms in total. The van der Waals surface area contributed by atoms with Crippen LogP contribution in [0, 0.1) is 0 Å². The molecule has 4 rings (SSSR count). The van der Waals surface area contributed by atoms with Gasteiger partial charge in [-0.05, 0) is 48.7 Å². The molecule has 3 amide bonds. The van der Waals surface area contributed by atoms with Crippen LogP contribution >= 0.6 is 23.2 Å². The van der Waals surface area contributed by atoms with E-state index in [9.17, 15) is 14.4 Å². The maximum Gasteiger partial charge on any atom is 0.261 e. The molecule has 2 aliphatic heterocycles. The van der Waals surface area contributed by atoms with Gasteiger partial charge in [-0.3, -0.25) is 19.3 Å². The number of likely N-dealkylation sites (tertiary alicyclic amines) is 1. The summed E-state index contributed by atoms with van der Waals surface area (Å²) in [5, 5.41) is 0.931. The average Bonchev–Trinajstić information content (AvgIpc) is 3.24. The van der Waals surface area contributed by atoms with E-state index in [0.717, 1.165) is 23.3 Å². The first-order valence-electron chi connectivity index (χ1n) is 8.61. The van der Waals surface area contributed by atoms with Crippen LogP contribution in [0.5, 0.6) is 0 Å². The molecule has 1 unspecified atom stereocenters. The molecule has 2 aromatic carbocycles. The lowest BCUT2D eigenvalue weighted by Crippen LogP contribution is -2.30. The Balaban J connectivity index is 1.65. The second-order valence-electron chi connectivity index (χ2n) is 6.76. The van der Waals surface area contributed by atoms with Crippen LogP contribution in [0.1, 0.15) is 55.5 Å². The normalized spacial score (nSPS) is 19.0. The van der Waals surface area contributed by atoms with Gasteiger partial charge >= 0.3 is 0 Å². The van der Waals surface area contributed by atoms with Crippen LogP contribution < -0.4 is 0 Å². The highest BCUT2D eigenvalue weighted by molar-refractivity contribution is 6.42. The number of halogens is 2. The van der Waals surface area contributed by atoms with Crippen molar-refractivity contribution >= 4 is 40.9 Å². The lowest BCUT2D eigenvalue weighted by atomic mass is 10.0. The number of carbonyl (C=O) groups is 3. The Hall–Kier alpha value is -2.37. The molecule has 2 aliphatic rings. The fraction of sp³-hybridized carbons (Fsp3) is 0.250. The van der Waals surface area contributed by atoms with Crippen molar-refractivity contribution in [3.05, 3.63) is 68.7 Å². The predicted octanol–water partition coefficient (Wildman–Crippen LogP) is 4.20. The van der Waals surface area contributed by atoms with E-state index in [-0.39, 0.29) is 29.3 Å². The fourth-order valence-electron chi connectivity index (χ4n) is 3.74. The Morgan fingerprint density at radius 2 is 1.74 bits per heavy atom. The van der Waals surface area contributed by atoms with Crippen molar-refractivity contribution in [2.75, 3.05) is 13.6 Å². The first-order chi connectivity index (χ1) is 12.9. The van der Waals surface area contributed by atoms with Gasteiger partial charge in [0.1, 0.15) is 0 Å². The fourth-order valence-corrected chi connectivity index (χ4v) is 4.04. The zero-order chi connectivity index (χ0) is 19.3. The van der Waals surface area contributed by atoms with Gasteiger partial charge in [0.05, 0.1) is 27.2 Å². The van der Waals surface area contributed by atoms with Crippen molar-refractivity contribution in [1.82, 2.24) is 9.80 Å². The first kappa shape index (κ1) is 18.0. The molecule has 0 aliphatic carbocycles. The Morgan fingerprint density at radius 1 is 1.00 bits per heavy atom. The molecule has 2 aromatic rings. The Morgan fingerprint density at radius 3 is 2.48 bits per heavy atom. The third-order valence-electron chi connectivity index (χ3n) is 5.18. The number of hydrogen-bond donors (Lipinski definition) is 0. The van der Waals surface area contributed by atoms with Crippen LogP contribution in [0.25, 0.3) is 0 Å². The van der Waals surface area contributed by atoms with E-state index in [1.165, 1.54) is 13.1 Å². The summed E-state index contributed by atoms with van der Waals surface area (Å²) >= 11 is 12.1. The zero-order valence-corrected chi connectivity index (χ0v) is 16.0. The van der Waals surface area contributed by atoms with E-state index in [4.69, 9.17) is 23.2 Å². The lowest BCUT2D eigenvalue weighted by Gasteiger charge is -2.25. The van der Waals surface area contributed by atoms with E-state index in [2.05, 4.69) is 0 Å². The summed E-state index contributed by atoms with van der Waals surface area (Å²) in [4.78, 5) is 40.2. The summed E-state index contributed by atoms with van der Waals surface area (Å²) in [5.74, 6) is -0.892. The van der Waals surface area contributed by atoms with Crippen LogP contribution in [-0.4, -0.2) is 41.1 Å². The topological polar surface area (TPSA) is 57.7 Å². The standard InChI is InChI=1S/C20H16Cl2N2O3/c1-23-19(26)13-6-4-12(9-14(13)20(23)27)18(25)24-8-2-3-17(24)11-5-7-15(21)16(22)10-11/h4-7,9-10,17H,2-3,8H2,1H3. The minimum Gasteiger partial charge on any atom is -0.332 e. The average molecular weight is 403 g/mol. The minimum atomic E-state index is -0.382. The summed E-state index contributed by atoms with van der Waals surface area (Å²) in [6.45, 7) is 0.619. The molecule has 1 saturated heterocycles. The molecule has 1 atom stereocenters. The number of rotatable bonds is 2. The summed E-state index contributed by atoms with van der Waals surface area (Å²) in [6, 6.07) is 9.98. The SMILES string of the molecule is CN1C(=O)c2ccc(C(=O)N3CCCC3c3ccc(Cl)c(Cl)c3)cc2C1=O. The summed E-state index contributed by atoms with van der Waals surface area (Å²) in [6.07, 6.45) is 1.70. The number of fused-ring (bicyclic) bond motifs is 1. The predicted molar refractivity (Wildman–Crippen MR) is 102 cm³/mol. The van der Waals surface area contributed by atoms with Gasteiger partial charge in [-0.25, -0.2) is 0 Å². The number of amides is 3. The molecule has 1 fully saturated rings. The van der Waals surface area contributed by atoms with Crippen molar-refractivity contribution in [1.29, 1.82) is 0 Å². The monoisotopic (exact) mass is 402 g/mol. The molecule has 0 aromatic heterocycles. The van der Waals surface area contributed by atoms with Crippen LogP contribution in [0.4, 0.5) is 0 Å². The highest BCUT2D eigenvalue weighted by atomic mass is 35.5. The van der Waals surface area contributed by atoms with E-state index in [1.807, 2.05) is 6.07 Å². The van der Waals surface area contributed by atoms with Crippen molar-refractivity contribution in [2.24, 2.45) is 0 Å².